The first kappa shape index (κ1) is 15.1. The molecule has 0 unspecified atom stereocenters. The summed E-state index contributed by atoms with van der Waals surface area (Å²) in [5, 5.41) is 2.94. The van der Waals surface area contributed by atoms with Gasteiger partial charge in [0.2, 0.25) is 9.84 Å². The lowest BCUT2D eigenvalue weighted by Gasteiger charge is -2.07. The van der Waals surface area contributed by atoms with Crippen molar-refractivity contribution in [1.82, 2.24) is 15.0 Å². The molecule has 0 aliphatic heterocycles. The summed E-state index contributed by atoms with van der Waals surface area (Å²) in [5.74, 6) is 0.457. The SMILES string of the molecule is Cc1ccc(S(=O)(=O)c2cnc(Nc3ccncc3)cn2)cc1. The number of nitrogens with one attached hydrogen (secondary N) is 1. The molecular formula is C16H14N4O2S. The molecule has 0 amide bonds. The third-order valence-corrected chi connectivity index (χ3v) is 4.84. The summed E-state index contributed by atoms with van der Waals surface area (Å²) < 4.78 is 25.0. The van der Waals surface area contributed by atoms with E-state index in [9.17, 15) is 8.42 Å². The van der Waals surface area contributed by atoms with Gasteiger partial charge in [-0.2, -0.15) is 0 Å². The molecule has 116 valence electrons. The van der Waals surface area contributed by atoms with Crippen LogP contribution in [0.25, 0.3) is 0 Å². The minimum absolute atomic E-state index is 0.0818. The van der Waals surface area contributed by atoms with Crippen LogP contribution in [-0.2, 0) is 9.84 Å². The van der Waals surface area contributed by atoms with Crippen LogP contribution in [0, 0.1) is 6.92 Å². The number of anilines is 2. The molecule has 0 aliphatic carbocycles. The highest BCUT2D eigenvalue weighted by molar-refractivity contribution is 7.91. The van der Waals surface area contributed by atoms with Crippen LogP contribution in [0.15, 0.2) is 71.1 Å². The molecule has 7 heteroatoms. The van der Waals surface area contributed by atoms with Crippen LogP contribution in [0.5, 0.6) is 0 Å². The Morgan fingerprint density at radius 1 is 0.913 bits per heavy atom. The molecule has 23 heavy (non-hydrogen) atoms. The van der Waals surface area contributed by atoms with Gasteiger partial charge in [-0.05, 0) is 31.2 Å². The highest BCUT2D eigenvalue weighted by atomic mass is 32.2. The third-order valence-electron chi connectivity index (χ3n) is 3.19. The lowest BCUT2D eigenvalue weighted by Crippen LogP contribution is -2.06. The maximum Gasteiger partial charge on any atom is 0.225 e. The molecule has 1 N–H and O–H groups in total. The molecule has 0 fully saturated rings. The van der Waals surface area contributed by atoms with Gasteiger partial charge in [-0.3, -0.25) is 4.98 Å². The van der Waals surface area contributed by atoms with Crippen molar-refractivity contribution in [2.75, 3.05) is 5.32 Å². The van der Waals surface area contributed by atoms with Crippen LogP contribution >= 0.6 is 0 Å². The van der Waals surface area contributed by atoms with Gasteiger partial charge in [0.05, 0.1) is 17.3 Å². The first-order valence-corrected chi connectivity index (χ1v) is 8.35. The highest BCUT2D eigenvalue weighted by Crippen LogP contribution is 2.20. The lowest BCUT2D eigenvalue weighted by molar-refractivity contribution is 0.591. The third kappa shape index (κ3) is 3.35. The number of sulfone groups is 1. The van der Waals surface area contributed by atoms with Crippen molar-refractivity contribution in [2.45, 2.75) is 16.8 Å². The highest BCUT2D eigenvalue weighted by Gasteiger charge is 2.19. The molecule has 1 aromatic carbocycles. The van der Waals surface area contributed by atoms with E-state index in [1.807, 2.05) is 6.92 Å². The van der Waals surface area contributed by atoms with E-state index < -0.39 is 9.84 Å². The Labute approximate surface area is 134 Å². The van der Waals surface area contributed by atoms with Crippen molar-refractivity contribution >= 4 is 21.3 Å². The second-order valence-electron chi connectivity index (χ2n) is 4.92. The number of aromatic nitrogens is 3. The first-order chi connectivity index (χ1) is 11.1. The van der Waals surface area contributed by atoms with Crippen molar-refractivity contribution < 1.29 is 8.42 Å². The normalized spacial score (nSPS) is 11.2. The number of hydrogen-bond acceptors (Lipinski definition) is 6. The number of benzene rings is 1. The van der Waals surface area contributed by atoms with Gasteiger partial charge in [-0.15, -0.1) is 0 Å². The molecular weight excluding hydrogens is 312 g/mol. The molecule has 0 saturated carbocycles. The van der Waals surface area contributed by atoms with Gasteiger partial charge in [-0.25, -0.2) is 18.4 Å². The Bertz CT molecular complexity index is 893. The summed E-state index contributed by atoms with van der Waals surface area (Å²) in [7, 11) is -3.66. The zero-order valence-electron chi connectivity index (χ0n) is 12.3. The monoisotopic (exact) mass is 326 g/mol. The van der Waals surface area contributed by atoms with E-state index in [-0.39, 0.29) is 9.92 Å². The Balaban J connectivity index is 1.85. The van der Waals surface area contributed by atoms with E-state index >= 15 is 0 Å². The lowest BCUT2D eigenvalue weighted by atomic mass is 10.2. The van der Waals surface area contributed by atoms with Crippen molar-refractivity contribution in [3.05, 3.63) is 66.7 Å². The summed E-state index contributed by atoms with van der Waals surface area (Å²) >= 11 is 0. The summed E-state index contributed by atoms with van der Waals surface area (Å²) in [6.45, 7) is 1.90. The summed E-state index contributed by atoms with van der Waals surface area (Å²) in [6.07, 6.45) is 5.93. The summed E-state index contributed by atoms with van der Waals surface area (Å²) in [5.41, 5.74) is 1.79. The van der Waals surface area contributed by atoms with E-state index in [4.69, 9.17) is 0 Å². The standard InChI is InChI=1S/C16H14N4O2S/c1-12-2-4-14(5-3-12)23(21,22)16-11-18-15(10-19-16)20-13-6-8-17-9-7-13/h2-11H,1H3,(H,17,18,20). The predicted octanol–water partition coefficient (Wildman–Crippen LogP) is 2.76. The van der Waals surface area contributed by atoms with Gasteiger partial charge in [0.1, 0.15) is 5.82 Å². The van der Waals surface area contributed by atoms with E-state index in [0.717, 1.165) is 11.3 Å². The molecule has 6 nitrogen and oxygen atoms in total. The zero-order chi connectivity index (χ0) is 16.3. The molecule has 0 aliphatic rings. The molecule has 2 heterocycles. The maximum atomic E-state index is 12.5. The molecule has 0 saturated heterocycles. The number of pyridine rings is 1. The minimum Gasteiger partial charge on any atom is -0.339 e. The van der Waals surface area contributed by atoms with Crippen LogP contribution in [0.3, 0.4) is 0 Å². The van der Waals surface area contributed by atoms with E-state index in [0.29, 0.717) is 5.82 Å². The number of rotatable bonds is 4. The maximum absolute atomic E-state index is 12.5. The van der Waals surface area contributed by atoms with Crippen LogP contribution in [0.4, 0.5) is 11.5 Å². The summed E-state index contributed by atoms with van der Waals surface area (Å²) in [6, 6.07) is 10.2. The molecule has 3 rings (SSSR count). The molecule has 0 bridgehead atoms. The Morgan fingerprint density at radius 2 is 1.61 bits per heavy atom. The van der Waals surface area contributed by atoms with Crippen LogP contribution < -0.4 is 5.32 Å². The van der Waals surface area contributed by atoms with Gasteiger partial charge in [-0.1, -0.05) is 17.7 Å². The fourth-order valence-corrected chi connectivity index (χ4v) is 3.06. The van der Waals surface area contributed by atoms with Gasteiger partial charge in [0.25, 0.3) is 0 Å². The smallest absolute Gasteiger partial charge is 0.225 e. The fraction of sp³-hybridized carbons (Fsp3) is 0.0625. The molecule has 3 aromatic rings. The molecule has 0 spiro atoms. The van der Waals surface area contributed by atoms with Crippen molar-refractivity contribution in [2.24, 2.45) is 0 Å². The topological polar surface area (TPSA) is 84.8 Å². The Morgan fingerprint density at radius 3 is 2.22 bits per heavy atom. The Kier molecular flexibility index (Phi) is 4.03. The number of hydrogen-bond donors (Lipinski definition) is 1. The minimum atomic E-state index is -3.66. The van der Waals surface area contributed by atoms with Gasteiger partial charge < -0.3 is 5.32 Å². The predicted molar refractivity (Wildman–Crippen MR) is 86.2 cm³/mol. The second kappa shape index (κ2) is 6.13. The van der Waals surface area contributed by atoms with E-state index in [1.54, 1.807) is 48.8 Å². The zero-order valence-corrected chi connectivity index (χ0v) is 13.2. The van der Waals surface area contributed by atoms with E-state index in [2.05, 4.69) is 20.3 Å². The number of nitrogens with zero attached hydrogens (tertiary/aromatic N) is 3. The van der Waals surface area contributed by atoms with Gasteiger partial charge in [0.15, 0.2) is 5.03 Å². The largest absolute Gasteiger partial charge is 0.339 e. The molecule has 0 atom stereocenters. The van der Waals surface area contributed by atoms with Crippen LogP contribution in [-0.4, -0.2) is 23.4 Å². The molecule has 2 aromatic heterocycles. The van der Waals surface area contributed by atoms with Crippen molar-refractivity contribution in [1.29, 1.82) is 0 Å². The van der Waals surface area contributed by atoms with Gasteiger partial charge >= 0.3 is 0 Å². The summed E-state index contributed by atoms with van der Waals surface area (Å²) in [4.78, 5) is 12.2. The van der Waals surface area contributed by atoms with E-state index in [1.165, 1.54) is 12.4 Å². The quantitative estimate of drug-likeness (QED) is 0.793. The van der Waals surface area contributed by atoms with Crippen molar-refractivity contribution in [3.8, 4) is 0 Å². The molecule has 0 radical (unpaired) electrons. The van der Waals surface area contributed by atoms with Crippen LogP contribution in [0.2, 0.25) is 0 Å². The fourth-order valence-electron chi connectivity index (χ4n) is 1.94. The first-order valence-electron chi connectivity index (χ1n) is 6.86. The van der Waals surface area contributed by atoms with Gasteiger partial charge in [0, 0.05) is 18.1 Å². The van der Waals surface area contributed by atoms with Crippen LogP contribution in [0.1, 0.15) is 5.56 Å². The Hall–Kier alpha value is -2.80. The average molecular weight is 326 g/mol. The number of aryl methyl sites for hydroxylation is 1. The average Bonchev–Trinajstić information content (AvgIpc) is 2.57. The second-order valence-corrected chi connectivity index (χ2v) is 6.81. The van der Waals surface area contributed by atoms with Crippen molar-refractivity contribution in [3.63, 3.8) is 0 Å².